The first-order valence-corrected chi connectivity index (χ1v) is 4.88. The van der Waals surface area contributed by atoms with Crippen molar-refractivity contribution in [2.45, 2.75) is 33.1 Å². The van der Waals surface area contributed by atoms with Crippen LogP contribution in [0.1, 0.15) is 33.1 Å². The molecule has 0 heterocycles. The quantitative estimate of drug-likeness (QED) is 0.503. The molecule has 0 aliphatic heterocycles. The number of Topliss-reactive ketones (excluding diaryl/α,β-unsaturated/α-hetero) is 1. The van der Waals surface area contributed by atoms with Gasteiger partial charge in [0.2, 0.25) is 0 Å². The van der Waals surface area contributed by atoms with Gasteiger partial charge in [0.25, 0.3) is 0 Å². The van der Waals surface area contributed by atoms with Crippen LogP contribution in [0.25, 0.3) is 0 Å². The molecule has 0 aromatic heterocycles. The lowest BCUT2D eigenvalue weighted by molar-refractivity contribution is -0.120. The van der Waals surface area contributed by atoms with Gasteiger partial charge in [0.15, 0.2) is 0 Å². The third-order valence-electron chi connectivity index (χ3n) is 3.42. The molecule has 0 saturated heterocycles. The molecule has 1 fully saturated rings. The van der Waals surface area contributed by atoms with E-state index in [1.807, 2.05) is 0 Å². The number of carbonyl (C=O) groups is 1. The Bertz CT molecular complexity index is 239. The first-order valence-electron chi connectivity index (χ1n) is 4.88. The fourth-order valence-electron chi connectivity index (χ4n) is 2.66. The van der Waals surface area contributed by atoms with Crippen molar-refractivity contribution in [3.8, 4) is 0 Å². The maximum absolute atomic E-state index is 11.5. The van der Waals surface area contributed by atoms with Crippen LogP contribution in [0.2, 0.25) is 0 Å². The molecule has 0 aromatic carbocycles. The number of ketones is 1. The summed E-state index contributed by atoms with van der Waals surface area (Å²) in [6, 6.07) is 0. The van der Waals surface area contributed by atoms with Crippen LogP contribution in [0.5, 0.6) is 0 Å². The topological polar surface area (TPSA) is 17.1 Å². The SMILES string of the molecule is CC1=C[C@@H]2C(=O)C[C@@H](C)[C@@H]2CC1. The fraction of sp³-hybridized carbons (Fsp3) is 0.727. The Morgan fingerprint density at radius 1 is 1.50 bits per heavy atom. The Labute approximate surface area is 73.8 Å². The van der Waals surface area contributed by atoms with Crippen molar-refractivity contribution in [2.24, 2.45) is 17.8 Å². The fourth-order valence-corrected chi connectivity index (χ4v) is 2.66. The summed E-state index contributed by atoms with van der Waals surface area (Å²) in [5.41, 5.74) is 1.42. The lowest BCUT2D eigenvalue weighted by atomic mass is 9.80. The van der Waals surface area contributed by atoms with Gasteiger partial charge in [0, 0.05) is 12.3 Å². The Morgan fingerprint density at radius 2 is 2.25 bits per heavy atom. The van der Waals surface area contributed by atoms with Crippen LogP contribution < -0.4 is 0 Å². The molecule has 0 aromatic rings. The van der Waals surface area contributed by atoms with Crippen molar-refractivity contribution in [1.82, 2.24) is 0 Å². The van der Waals surface area contributed by atoms with Crippen LogP contribution in [0.15, 0.2) is 11.6 Å². The van der Waals surface area contributed by atoms with Crippen LogP contribution in [0.4, 0.5) is 0 Å². The maximum Gasteiger partial charge on any atom is 0.140 e. The summed E-state index contributed by atoms with van der Waals surface area (Å²) in [5, 5.41) is 0. The van der Waals surface area contributed by atoms with Crippen molar-refractivity contribution < 1.29 is 4.79 Å². The van der Waals surface area contributed by atoms with E-state index in [1.54, 1.807) is 0 Å². The normalized spacial score (nSPS) is 41.0. The zero-order valence-electron chi connectivity index (χ0n) is 7.84. The van der Waals surface area contributed by atoms with E-state index in [0.29, 0.717) is 17.6 Å². The van der Waals surface area contributed by atoms with Gasteiger partial charge in [-0.1, -0.05) is 18.6 Å². The molecule has 3 atom stereocenters. The maximum atomic E-state index is 11.5. The number of allylic oxidation sites excluding steroid dienone is 2. The van der Waals surface area contributed by atoms with E-state index in [-0.39, 0.29) is 5.92 Å². The highest BCUT2D eigenvalue weighted by Crippen LogP contribution is 2.42. The molecule has 1 nitrogen and oxygen atoms in total. The van der Waals surface area contributed by atoms with Crippen LogP contribution >= 0.6 is 0 Å². The standard InChI is InChI=1S/C11H16O/c1-7-3-4-9-8(2)6-11(12)10(9)5-7/h5,8-10H,3-4,6H2,1-2H3/t8-,9+,10+/m1/s1. The highest BCUT2D eigenvalue weighted by Gasteiger charge is 2.39. The summed E-state index contributed by atoms with van der Waals surface area (Å²) in [6.45, 7) is 4.36. The summed E-state index contributed by atoms with van der Waals surface area (Å²) < 4.78 is 0. The van der Waals surface area contributed by atoms with Crippen LogP contribution in [-0.4, -0.2) is 5.78 Å². The largest absolute Gasteiger partial charge is 0.299 e. The van der Waals surface area contributed by atoms with Crippen molar-refractivity contribution in [2.75, 3.05) is 0 Å². The lowest BCUT2D eigenvalue weighted by Crippen LogP contribution is -2.18. The van der Waals surface area contributed by atoms with Crippen molar-refractivity contribution in [1.29, 1.82) is 0 Å². The van der Waals surface area contributed by atoms with Gasteiger partial charge in [0.1, 0.15) is 5.78 Å². The molecule has 0 bridgehead atoms. The predicted molar refractivity (Wildman–Crippen MR) is 48.8 cm³/mol. The first kappa shape index (κ1) is 8.03. The van der Waals surface area contributed by atoms with Crippen LogP contribution in [0.3, 0.4) is 0 Å². The molecule has 0 radical (unpaired) electrons. The van der Waals surface area contributed by atoms with E-state index < -0.39 is 0 Å². The summed E-state index contributed by atoms with van der Waals surface area (Å²) in [7, 11) is 0. The minimum absolute atomic E-state index is 0.286. The number of hydrogen-bond donors (Lipinski definition) is 0. The highest BCUT2D eigenvalue weighted by molar-refractivity contribution is 5.85. The van der Waals surface area contributed by atoms with Gasteiger partial charge < -0.3 is 0 Å². The summed E-state index contributed by atoms with van der Waals surface area (Å²) in [6.07, 6.45) is 5.47. The van der Waals surface area contributed by atoms with E-state index in [9.17, 15) is 4.79 Å². The van der Waals surface area contributed by atoms with E-state index in [0.717, 1.165) is 6.42 Å². The molecule has 1 saturated carbocycles. The molecule has 0 N–H and O–H groups in total. The van der Waals surface area contributed by atoms with Crippen molar-refractivity contribution >= 4 is 5.78 Å². The molecule has 66 valence electrons. The average molecular weight is 164 g/mol. The number of fused-ring (bicyclic) bond motifs is 1. The zero-order chi connectivity index (χ0) is 8.72. The van der Waals surface area contributed by atoms with Gasteiger partial charge in [-0.05, 0) is 31.6 Å². The Hall–Kier alpha value is -0.590. The lowest BCUT2D eigenvalue weighted by Gasteiger charge is -2.24. The second-order valence-electron chi connectivity index (χ2n) is 4.39. The number of carbonyl (C=O) groups excluding carboxylic acids is 1. The third kappa shape index (κ3) is 1.12. The minimum atomic E-state index is 0.286. The van der Waals surface area contributed by atoms with Gasteiger partial charge in [0.05, 0.1) is 0 Å². The van der Waals surface area contributed by atoms with Gasteiger partial charge >= 0.3 is 0 Å². The van der Waals surface area contributed by atoms with Gasteiger partial charge in [-0.25, -0.2) is 0 Å². The van der Waals surface area contributed by atoms with Gasteiger partial charge in [-0.15, -0.1) is 0 Å². The molecular formula is C11H16O. The highest BCUT2D eigenvalue weighted by atomic mass is 16.1. The van der Waals surface area contributed by atoms with E-state index >= 15 is 0 Å². The Kier molecular flexibility index (Phi) is 1.82. The number of rotatable bonds is 0. The zero-order valence-corrected chi connectivity index (χ0v) is 7.84. The molecule has 2 aliphatic rings. The van der Waals surface area contributed by atoms with E-state index in [4.69, 9.17) is 0 Å². The van der Waals surface area contributed by atoms with Crippen LogP contribution in [0, 0.1) is 17.8 Å². The van der Waals surface area contributed by atoms with Crippen molar-refractivity contribution in [3.05, 3.63) is 11.6 Å². The van der Waals surface area contributed by atoms with E-state index in [1.165, 1.54) is 18.4 Å². The molecule has 0 amide bonds. The molecule has 2 rings (SSSR count). The summed E-state index contributed by atoms with van der Waals surface area (Å²) in [4.78, 5) is 11.5. The van der Waals surface area contributed by atoms with Crippen molar-refractivity contribution in [3.63, 3.8) is 0 Å². The first-order chi connectivity index (χ1) is 5.68. The average Bonchev–Trinajstić information content (AvgIpc) is 2.28. The van der Waals surface area contributed by atoms with Crippen LogP contribution in [-0.2, 0) is 4.79 Å². The Balaban J connectivity index is 2.26. The minimum Gasteiger partial charge on any atom is -0.299 e. The Morgan fingerprint density at radius 3 is 3.00 bits per heavy atom. The predicted octanol–water partition coefficient (Wildman–Crippen LogP) is 2.57. The van der Waals surface area contributed by atoms with Gasteiger partial charge in [-0.2, -0.15) is 0 Å². The molecule has 1 heteroatoms. The second-order valence-corrected chi connectivity index (χ2v) is 4.39. The monoisotopic (exact) mass is 164 g/mol. The molecule has 0 spiro atoms. The second kappa shape index (κ2) is 2.72. The molecule has 0 unspecified atom stereocenters. The number of hydrogen-bond acceptors (Lipinski definition) is 1. The molecular weight excluding hydrogens is 148 g/mol. The smallest absolute Gasteiger partial charge is 0.140 e. The summed E-state index contributed by atoms with van der Waals surface area (Å²) >= 11 is 0. The van der Waals surface area contributed by atoms with Gasteiger partial charge in [-0.3, -0.25) is 4.79 Å². The van der Waals surface area contributed by atoms with E-state index in [2.05, 4.69) is 19.9 Å². The molecule has 2 aliphatic carbocycles. The molecule has 12 heavy (non-hydrogen) atoms. The third-order valence-corrected chi connectivity index (χ3v) is 3.42. The summed E-state index contributed by atoms with van der Waals surface area (Å²) in [5.74, 6) is 2.06.